The molecule has 1 aromatic heterocycles. The highest BCUT2D eigenvalue weighted by Crippen LogP contribution is 2.18. The molecule has 0 atom stereocenters. The number of piperidine rings is 1. The van der Waals surface area contributed by atoms with Gasteiger partial charge in [-0.25, -0.2) is 0 Å². The minimum absolute atomic E-state index is 0.148. The molecular formula is C14H16N2O. The average molecular weight is 228 g/mol. The highest BCUT2D eigenvalue weighted by molar-refractivity contribution is 5.81. The van der Waals surface area contributed by atoms with Gasteiger partial charge in [0, 0.05) is 17.6 Å². The van der Waals surface area contributed by atoms with E-state index in [9.17, 15) is 4.79 Å². The second kappa shape index (κ2) is 4.34. The maximum Gasteiger partial charge on any atom is 0.258 e. The first-order valence-corrected chi connectivity index (χ1v) is 6.17. The van der Waals surface area contributed by atoms with Crippen molar-refractivity contribution in [2.45, 2.75) is 18.9 Å². The quantitative estimate of drug-likeness (QED) is 0.809. The fourth-order valence-corrected chi connectivity index (χ4v) is 2.58. The minimum Gasteiger partial charge on any atom is -0.317 e. The lowest BCUT2D eigenvalue weighted by Gasteiger charge is -2.24. The second-order valence-corrected chi connectivity index (χ2v) is 4.60. The summed E-state index contributed by atoms with van der Waals surface area (Å²) < 4.78 is 1.91. The number of benzene rings is 1. The summed E-state index contributed by atoms with van der Waals surface area (Å²) in [4.78, 5) is 12.4. The van der Waals surface area contributed by atoms with Crippen molar-refractivity contribution in [2.75, 3.05) is 13.1 Å². The molecule has 2 heterocycles. The van der Waals surface area contributed by atoms with Gasteiger partial charge < -0.3 is 9.88 Å². The monoisotopic (exact) mass is 228 g/mol. The van der Waals surface area contributed by atoms with Crippen molar-refractivity contribution < 1.29 is 0 Å². The maximum atomic E-state index is 12.4. The highest BCUT2D eigenvalue weighted by atomic mass is 16.1. The van der Waals surface area contributed by atoms with Crippen molar-refractivity contribution in [2.24, 2.45) is 0 Å². The molecule has 1 aromatic carbocycles. The number of hydrogen-bond donors (Lipinski definition) is 1. The third kappa shape index (κ3) is 1.87. The van der Waals surface area contributed by atoms with Gasteiger partial charge in [-0.1, -0.05) is 18.2 Å². The molecule has 0 bridgehead atoms. The van der Waals surface area contributed by atoms with E-state index >= 15 is 0 Å². The standard InChI is InChI=1S/C14H16N2O/c17-14-13-4-2-1-3-11(13)7-10-16(14)12-5-8-15-9-6-12/h1-4,7,10,12,15H,5-6,8-9H2. The van der Waals surface area contributed by atoms with Crippen LogP contribution in [0, 0.1) is 0 Å². The van der Waals surface area contributed by atoms with Gasteiger partial charge in [0.2, 0.25) is 0 Å². The molecule has 3 heteroatoms. The molecule has 1 fully saturated rings. The number of rotatable bonds is 1. The van der Waals surface area contributed by atoms with Gasteiger partial charge in [0.05, 0.1) is 0 Å². The van der Waals surface area contributed by atoms with Crippen molar-refractivity contribution in [3.05, 3.63) is 46.9 Å². The van der Waals surface area contributed by atoms with Gasteiger partial charge >= 0.3 is 0 Å². The molecule has 0 radical (unpaired) electrons. The Balaban J connectivity index is 2.11. The van der Waals surface area contributed by atoms with E-state index in [1.807, 2.05) is 41.1 Å². The van der Waals surface area contributed by atoms with Crippen LogP contribution in [0.1, 0.15) is 18.9 Å². The molecule has 1 aliphatic rings. The van der Waals surface area contributed by atoms with E-state index in [-0.39, 0.29) is 5.56 Å². The summed E-state index contributed by atoms with van der Waals surface area (Å²) in [6, 6.07) is 10.2. The number of nitrogens with one attached hydrogen (secondary N) is 1. The first-order chi connectivity index (χ1) is 8.36. The van der Waals surface area contributed by atoms with E-state index in [2.05, 4.69) is 5.32 Å². The predicted molar refractivity (Wildman–Crippen MR) is 69.3 cm³/mol. The van der Waals surface area contributed by atoms with Gasteiger partial charge in [0.1, 0.15) is 0 Å². The van der Waals surface area contributed by atoms with Crippen LogP contribution in [0.25, 0.3) is 10.8 Å². The van der Waals surface area contributed by atoms with E-state index < -0.39 is 0 Å². The molecule has 1 saturated heterocycles. The molecule has 2 aromatic rings. The summed E-state index contributed by atoms with van der Waals surface area (Å²) in [5.74, 6) is 0. The van der Waals surface area contributed by atoms with Crippen molar-refractivity contribution in [1.82, 2.24) is 9.88 Å². The molecule has 0 unspecified atom stereocenters. The smallest absolute Gasteiger partial charge is 0.258 e. The lowest BCUT2D eigenvalue weighted by molar-refractivity contribution is 0.362. The number of pyridine rings is 1. The molecule has 0 saturated carbocycles. The Morgan fingerprint density at radius 3 is 2.71 bits per heavy atom. The van der Waals surface area contributed by atoms with Crippen molar-refractivity contribution in [3.8, 4) is 0 Å². The summed E-state index contributed by atoms with van der Waals surface area (Å²) in [5, 5.41) is 5.18. The Hall–Kier alpha value is -1.61. The van der Waals surface area contributed by atoms with Crippen LogP contribution < -0.4 is 10.9 Å². The number of hydrogen-bond acceptors (Lipinski definition) is 2. The lowest BCUT2D eigenvalue weighted by atomic mass is 10.1. The lowest BCUT2D eigenvalue weighted by Crippen LogP contribution is -2.33. The zero-order valence-corrected chi connectivity index (χ0v) is 9.73. The van der Waals surface area contributed by atoms with E-state index in [4.69, 9.17) is 0 Å². The largest absolute Gasteiger partial charge is 0.317 e. The van der Waals surface area contributed by atoms with E-state index in [0.29, 0.717) is 6.04 Å². The molecular weight excluding hydrogens is 212 g/mol. The van der Waals surface area contributed by atoms with Gasteiger partial charge in [-0.15, -0.1) is 0 Å². The first-order valence-electron chi connectivity index (χ1n) is 6.17. The molecule has 0 aliphatic carbocycles. The molecule has 3 nitrogen and oxygen atoms in total. The van der Waals surface area contributed by atoms with E-state index in [0.717, 1.165) is 36.7 Å². The Bertz CT molecular complexity index is 582. The van der Waals surface area contributed by atoms with Gasteiger partial charge in [-0.05, 0) is 43.5 Å². The highest BCUT2D eigenvalue weighted by Gasteiger charge is 2.16. The third-order valence-corrected chi connectivity index (χ3v) is 3.54. The summed E-state index contributed by atoms with van der Waals surface area (Å²) in [7, 11) is 0. The topological polar surface area (TPSA) is 34.0 Å². The summed E-state index contributed by atoms with van der Waals surface area (Å²) in [5.41, 5.74) is 0.148. The van der Waals surface area contributed by atoms with E-state index in [1.165, 1.54) is 0 Å². The first kappa shape index (κ1) is 10.5. The fraction of sp³-hybridized carbons (Fsp3) is 0.357. The number of aromatic nitrogens is 1. The van der Waals surface area contributed by atoms with Crippen molar-refractivity contribution in [3.63, 3.8) is 0 Å². The van der Waals surface area contributed by atoms with Crippen LogP contribution in [-0.4, -0.2) is 17.7 Å². The van der Waals surface area contributed by atoms with Crippen LogP contribution in [0.15, 0.2) is 41.3 Å². The van der Waals surface area contributed by atoms with Gasteiger partial charge in [0.15, 0.2) is 0 Å². The fourth-order valence-electron chi connectivity index (χ4n) is 2.58. The molecule has 1 N–H and O–H groups in total. The van der Waals surface area contributed by atoms with Gasteiger partial charge in [-0.3, -0.25) is 4.79 Å². The minimum atomic E-state index is 0.148. The Labute approximate surface area is 100 Å². The predicted octanol–water partition coefficient (Wildman–Crippen LogP) is 1.93. The summed E-state index contributed by atoms with van der Waals surface area (Å²) in [6.45, 7) is 2.01. The van der Waals surface area contributed by atoms with Gasteiger partial charge in [0.25, 0.3) is 5.56 Å². The van der Waals surface area contributed by atoms with Crippen LogP contribution >= 0.6 is 0 Å². The zero-order valence-electron chi connectivity index (χ0n) is 9.73. The molecule has 0 spiro atoms. The molecule has 88 valence electrons. The van der Waals surface area contributed by atoms with Crippen LogP contribution in [0.3, 0.4) is 0 Å². The third-order valence-electron chi connectivity index (χ3n) is 3.54. The van der Waals surface area contributed by atoms with E-state index in [1.54, 1.807) is 0 Å². The Kier molecular flexibility index (Phi) is 2.69. The Morgan fingerprint density at radius 2 is 1.88 bits per heavy atom. The average Bonchev–Trinajstić information content (AvgIpc) is 2.40. The number of nitrogens with zero attached hydrogens (tertiary/aromatic N) is 1. The van der Waals surface area contributed by atoms with Crippen molar-refractivity contribution >= 4 is 10.8 Å². The zero-order chi connectivity index (χ0) is 11.7. The van der Waals surface area contributed by atoms with Crippen LogP contribution in [0.2, 0.25) is 0 Å². The van der Waals surface area contributed by atoms with Crippen molar-refractivity contribution in [1.29, 1.82) is 0 Å². The maximum absolute atomic E-state index is 12.4. The summed E-state index contributed by atoms with van der Waals surface area (Å²) >= 11 is 0. The molecule has 3 rings (SSSR count). The molecule has 0 amide bonds. The van der Waals surface area contributed by atoms with Crippen LogP contribution in [0.4, 0.5) is 0 Å². The SMILES string of the molecule is O=c1c2ccccc2ccn1C1CCNCC1. The second-order valence-electron chi connectivity index (χ2n) is 4.60. The Morgan fingerprint density at radius 1 is 1.12 bits per heavy atom. The normalized spacial score (nSPS) is 17.4. The van der Waals surface area contributed by atoms with Crippen LogP contribution in [0.5, 0.6) is 0 Å². The number of fused-ring (bicyclic) bond motifs is 1. The molecule has 1 aliphatic heterocycles. The molecule has 17 heavy (non-hydrogen) atoms. The van der Waals surface area contributed by atoms with Gasteiger partial charge in [-0.2, -0.15) is 0 Å². The van der Waals surface area contributed by atoms with Crippen LogP contribution in [-0.2, 0) is 0 Å². The summed E-state index contributed by atoms with van der Waals surface area (Å²) in [6.07, 6.45) is 4.02.